The van der Waals surface area contributed by atoms with Crippen molar-refractivity contribution in [3.05, 3.63) is 42.2 Å². The van der Waals surface area contributed by atoms with E-state index in [-0.39, 0.29) is 0 Å². The molecule has 96 valence electrons. The van der Waals surface area contributed by atoms with Crippen molar-refractivity contribution >= 4 is 0 Å². The Balaban J connectivity index is 1.98. The van der Waals surface area contributed by atoms with Gasteiger partial charge in [0, 0.05) is 13.6 Å². The number of rotatable bonds is 6. The van der Waals surface area contributed by atoms with E-state index in [1.165, 1.54) is 5.56 Å². The van der Waals surface area contributed by atoms with E-state index in [0.717, 1.165) is 31.0 Å². The highest BCUT2D eigenvalue weighted by Crippen LogP contribution is 2.21. The highest BCUT2D eigenvalue weighted by atomic mass is 16.5. The molecule has 0 aliphatic heterocycles. The van der Waals surface area contributed by atoms with Gasteiger partial charge in [-0.3, -0.25) is 4.68 Å². The van der Waals surface area contributed by atoms with Crippen molar-refractivity contribution in [1.29, 1.82) is 0 Å². The fraction of sp³-hybridized carbons (Fsp3) is 0.357. The minimum absolute atomic E-state index is 0.760. The van der Waals surface area contributed by atoms with E-state index in [1.807, 2.05) is 25.4 Å². The molecule has 0 fully saturated rings. The highest BCUT2D eigenvalue weighted by Gasteiger charge is 2.00. The molecule has 0 radical (unpaired) electrons. The fourth-order valence-electron chi connectivity index (χ4n) is 1.72. The van der Waals surface area contributed by atoms with Gasteiger partial charge in [-0.1, -0.05) is 19.1 Å². The van der Waals surface area contributed by atoms with Crippen LogP contribution in [-0.4, -0.2) is 16.3 Å². The zero-order valence-electron chi connectivity index (χ0n) is 10.9. The lowest BCUT2D eigenvalue weighted by Gasteiger charge is -2.06. The summed E-state index contributed by atoms with van der Waals surface area (Å²) in [6.45, 7) is 4.07. The Labute approximate surface area is 108 Å². The van der Waals surface area contributed by atoms with Gasteiger partial charge in [-0.25, -0.2) is 0 Å². The van der Waals surface area contributed by atoms with Gasteiger partial charge in [0.05, 0.1) is 12.4 Å². The van der Waals surface area contributed by atoms with Gasteiger partial charge in [0.15, 0.2) is 5.75 Å². The summed E-state index contributed by atoms with van der Waals surface area (Å²) < 4.78 is 7.46. The molecule has 1 aromatic heterocycles. The van der Waals surface area contributed by atoms with E-state index in [0.29, 0.717) is 0 Å². The average molecular weight is 245 g/mol. The normalized spacial score (nSPS) is 10.6. The van der Waals surface area contributed by atoms with Crippen molar-refractivity contribution in [3.63, 3.8) is 0 Å². The maximum absolute atomic E-state index is 5.74. The zero-order chi connectivity index (χ0) is 12.8. The minimum atomic E-state index is 0.760. The molecular formula is C14H19N3O. The van der Waals surface area contributed by atoms with Crippen molar-refractivity contribution in [2.75, 3.05) is 6.54 Å². The quantitative estimate of drug-likeness (QED) is 0.795. The molecule has 0 saturated heterocycles. The number of aryl methyl sites for hydroxylation is 1. The topological polar surface area (TPSA) is 39.1 Å². The van der Waals surface area contributed by atoms with Gasteiger partial charge in [0.1, 0.15) is 5.75 Å². The number of benzene rings is 1. The predicted molar refractivity (Wildman–Crippen MR) is 71.7 cm³/mol. The highest BCUT2D eigenvalue weighted by molar-refractivity contribution is 5.32. The maximum Gasteiger partial charge on any atom is 0.165 e. The van der Waals surface area contributed by atoms with E-state index in [9.17, 15) is 0 Å². The van der Waals surface area contributed by atoms with Crippen molar-refractivity contribution in [2.24, 2.45) is 7.05 Å². The van der Waals surface area contributed by atoms with Crippen molar-refractivity contribution < 1.29 is 4.74 Å². The summed E-state index contributed by atoms with van der Waals surface area (Å²) in [5, 5.41) is 7.45. The van der Waals surface area contributed by atoms with Gasteiger partial charge in [-0.2, -0.15) is 5.10 Å². The molecule has 1 heterocycles. The Morgan fingerprint density at radius 1 is 1.33 bits per heavy atom. The molecule has 1 N–H and O–H groups in total. The lowest BCUT2D eigenvalue weighted by Crippen LogP contribution is -2.13. The molecular weight excluding hydrogens is 226 g/mol. The summed E-state index contributed by atoms with van der Waals surface area (Å²) in [6, 6.07) is 8.11. The SMILES string of the molecule is CCCNCc1cccc(Oc2cnn(C)c2)c1. The second-order valence-electron chi connectivity index (χ2n) is 4.28. The summed E-state index contributed by atoms with van der Waals surface area (Å²) in [5.74, 6) is 1.61. The van der Waals surface area contributed by atoms with Crippen molar-refractivity contribution in [2.45, 2.75) is 19.9 Å². The molecule has 0 aliphatic carbocycles. The zero-order valence-corrected chi connectivity index (χ0v) is 10.9. The first kappa shape index (κ1) is 12.6. The Hall–Kier alpha value is -1.81. The van der Waals surface area contributed by atoms with Gasteiger partial charge in [-0.15, -0.1) is 0 Å². The molecule has 0 atom stereocenters. The van der Waals surface area contributed by atoms with Crippen LogP contribution in [0.4, 0.5) is 0 Å². The largest absolute Gasteiger partial charge is 0.454 e. The van der Waals surface area contributed by atoms with Gasteiger partial charge in [0.25, 0.3) is 0 Å². The first-order valence-corrected chi connectivity index (χ1v) is 6.24. The Morgan fingerprint density at radius 2 is 2.22 bits per heavy atom. The van der Waals surface area contributed by atoms with Crippen molar-refractivity contribution in [3.8, 4) is 11.5 Å². The van der Waals surface area contributed by atoms with Gasteiger partial charge in [0.2, 0.25) is 0 Å². The summed E-state index contributed by atoms with van der Waals surface area (Å²) in [5.41, 5.74) is 1.23. The summed E-state index contributed by atoms with van der Waals surface area (Å²) >= 11 is 0. The van der Waals surface area contributed by atoms with E-state index < -0.39 is 0 Å². The predicted octanol–water partition coefficient (Wildman–Crippen LogP) is 2.71. The average Bonchev–Trinajstić information content (AvgIpc) is 2.76. The summed E-state index contributed by atoms with van der Waals surface area (Å²) in [6.07, 6.45) is 4.70. The molecule has 2 aromatic rings. The molecule has 0 amide bonds. The summed E-state index contributed by atoms with van der Waals surface area (Å²) in [7, 11) is 1.87. The molecule has 0 aliphatic rings. The fourth-order valence-corrected chi connectivity index (χ4v) is 1.72. The number of hydrogen-bond donors (Lipinski definition) is 1. The molecule has 4 nitrogen and oxygen atoms in total. The Bertz CT molecular complexity index is 493. The van der Waals surface area contributed by atoms with Crippen LogP contribution in [0.1, 0.15) is 18.9 Å². The number of aromatic nitrogens is 2. The molecule has 1 aromatic carbocycles. The lowest BCUT2D eigenvalue weighted by molar-refractivity contribution is 0.481. The number of nitrogens with zero attached hydrogens (tertiary/aromatic N) is 2. The molecule has 18 heavy (non-hydrogen) atoms. The van der Waals surface area contributed by atoms with Crippen LogP contribution >= 0.6 is 0 Å². The first-order chi connectivity index (χ1) is 8.78. The van der Waals surface area contributed by atoms with Crippen LogP contribution in [0.2, 0.25) is 0 Å². The van der Waals surface area contributed by atoms with Crippen LogP contribution in [0.3, 0.4) is 0 Å². The number of ether oxygens (including phenoxy) is 1. The van der Waals surface area contributed by atoms with Crippen LogP contribution in [0.15, 0.2) is 36.7 Å². The van der Waals surface area contributed by atoms with Gasteiger partial charge < -0.3 is 10.1 Å². The van der Waals surface area contributed by atoms with Gasteiger partial charge in [-0.05, 0) is 30.7 Å². The Morgan fingerprint density at radius 3 is 2.94 bits per heavy atom. The standard InChI is InChI=1S/C14H19N3O/c1-3-7-15-9-12-5-4-6-13(8-12)18-14-10-16-17(2)11-14/h4-6,8,10-11,15H,3,7,9H2,1-2H3. The second kappa shape index (κ2) is 6.21. The van der Waals surface area contributed by atoms with Crippen LogP contribution in [-0.2, 0) is 13.6 Å². The van der Waals surface area contributed by atoms with E-state index in [1.54, 1.807) is 10.9 Å². The molecule has 0 bridgehead atoms. The Kier molecular flexibility index (Phi) is 4.36. The third kappa shape index (κ3) is 3.60. The van der Waals surface area contributed by atoms with Gasteiger partial charge >= 0.3 is 0 Å². The monoisotopic (exact) mass is 245 g/mol. The second-order valence-corrected chi connectivity index (χ2v) is 4.28. The van der Waals surface area contributed by atoms with E-state index >= 15 is 0 Å². The molecule has 0 unspecified atom stereocenters. The van der Waals surface area contributed by atoms with Crippen LogP contribution in [0, 0.1) is 0 Å². The minimum Gasteiger partial charge on any atom is -0.454 e. The lowest BCUT2D eigenvalue weighted by atomic mass is 10.2. The van der Waals surface area contributed by atoms with Crippen LogP contribution in [0.25, 0.3) is 0 Å². The van der Waals surface area contributed by atoms with E-state index in [2.05, 4.69) is 29.5 Å². The number of hydrogen-bond acceptors (Lipinski definition) is 3. The molecule has 4 heteroatoms. The van der Waals surface area contributed by atoms with Crippen molar-refractivity contribution in [1.82, 2.24) is 15.1 Å². The van der Waals surface area contributed by atoms with Crippen LogP contribution < -0.4 is 10.1 Å². The smallest absolute Gasteiger partial charge is 0.165 e. The molecule has 0 spiro atoms. The third-order valence-electron chi connectivity index (χ3n) is 2.57. The first-order valence-electron chi connectivity index (χ1n) is 6.24. The molecule has 2 rings (SSSR count). The van der Waals surface area contributed by atoms with E-state index in [4.69, 9.17) is 4.74 Å². The van der Waals surface area contributed by atoms with Crippen LogP contribution in [0.5, 0.6) is 11.5 Å². The maximum atomic E-state index is 5.74. The molecule has 0 saturated carbocycles. The number of nitrogens with one attached hydrogen (secondary N) is 1. The summed E-state index contributed by atoms with van der Waals surface area (Å²) in [4.78, 5) is 0. The third-order valence-corrected chi connectivity index (χ3v) is 2.57.